The van der Waals surface area contributed by atoms with E-state index in [0.29, 0.717) is 28.6 Å². The van der Waals surface area contributed by atoms with Crippen molar-refractivity contribution in [1.82, 2.24) is 10.2 Å². The molecule has 142 valence electrons. The van der Waals surface area contributed by atoms with Crippen LogP contribution in [0.25, 0.3) is 0 Å². The third-order valence-corrected chi connectivity index (χ3v) is 5.85. The van der Waals surface area contributed by atoms with E-state index in [-0.39, 0.29) is 5.91 Å². The predicted molar refractivity (Wildman–Crippen MR) is 111 cm³/mol. The first kappa shape index (κ1) is 19.9. The number of hydrogen-bond acceptors (Lipinski definition) is 7. The lowest BCUT2D eigenvalue weighted by molar-refractivity contribution is 0.102. The van der Waals surface area contributed by atoms with Gasteiger partial charge in [-0.25, -0.2) is 0 Å². The summed E-state index contributed by atoms with van der Waals surface area (Å²) >= 11 is 2.86. The van der Waals surface area contributed by atoms with E-state index in [1.165, 1.54) is 23.1 Å². The maximum atomic E-state index is 12.4. The summed E-state index contributed by atoms with van der Waals surface area (Å²) in [7, 11) is 0. The van der Waals surface area contributed by atoms with Gasteiger partial charge in [-0.3, -0.25) is 10.1 Å². The van der Waals surface area contributed by atoms with Crippen molar-refractivity contribution in [2.45, 2.75) is 23.9 Å². The number of carbonyl (C=O) groups excluding carboxylic acids is 1. The van der Waals surface area contributed by atoms with Crippen molar-refractivity contribution in [1.29, 1.82) is 5.26 Å². The fourth-order valence-corrected chi connectivity index (χ4v) is 4.12. The number of nitriles is 1. The van der Waals surface area contributed by atoms with E-state index in [1.807, 2.05) is 26.0 Å². The molecule has 0 radical (unpaired) electrons. The molecule has 0 aliphatic rings. The molecule has 3 rings (SSSR count). The third kappa shape index (κ3) is 5.09. The summed E-state index contributed by atoms with van der Waals surface area (Å²) in [5.41, 5.74) is 3.18. The summed E-state index contributed by atoms with van der Waals surface area (Å²) < 4.78 is 6.26. The smallest absolute Gasteiger partial charge is 0.257 e. The third-order valence-electron chi connectivity index (χ3n) is 3.81. The minimum absolute atomic E-state index is 0.231. The summed E-state index contributed by atoms with van der Waals surface area (Å²) in [6.07, 6.45) is 0. The van der Waals surface area contributed by atoms with Gasteiger partial charge >= 0.3 is 0 Å². The molecular formula is C20H18N4O2S2. The van der Waals surface area contributed by atoms with E-state index in [4.69, 9.17) is 10.00 Å². The Morgan fingerprint density at radius 3 is 2.71 bits per heavy atom. The van der Waals surface area contributed by atoms with Gasteiger partial charge in [-0.2, -0.15) is 5.26 Å². The molecule has 0 saturated carbocycles. The second kappa shape index (κ2) is 9.35. The summed E-state index contributed by atoms with van der Waals surface area (Å²) in [6, 6.07) is 14.8. The van der Waals surface area contributed by atoms with E-state index in [1.54, 1.807) is 30.3 Å². The number of amides is 1. The van der Waals surface area contributed by atoms with Crippen molar-refractivity contribution in [2.75, 3.05) is 11.9 Å². The normalized spacial score (nSPS) is 10.3. The van der Waals surface area contributed by atoms with Crippen molar-refractivity contribution in [3.8, 4) is 11.8 Å². The highest BCUT2D eigenvalue weighted by Gasteiger charge is 2.12. The first-order valence-corrected chi connectivity index (χ1v) is 10.4. The molecule has 1 aromatic heterocycles. The molecule has 1 N–H and O–H groups in total. The lowest BCUT2D eigenvalue weighted by Crippen LogP contribution is -2.12. The minimum atomic E-state index is -0.231. The minimum Gasteiger partial charge on any atom is -0.494 e. The highest BCUT2D eigenvalue weighted by molar-refractivity contribution is 8.00. The molecule has 0 saturated heterocycles. The molecular weight excluding hydrogens is 392 g/mol. The highest BCUT2D eigenvalue weighted by atomic mass is 32.2. The topological polar surface area (TPSA) is 87.9 Å². The highest BCUT2D eigenvalue weighted by Crippen LogP contribution is 2.29. The maximum Gasteiger partial charge on any atom is 0.257 e. The molecule has 1 amide bonds. The summed E-state index contributed by atoms with van der Waals surface area (Å²) in [6.45, 7) is 4.41. The van der Waals surface area contributed by atoms with Gasteiger partial charge in [-0.05, 0) is 55.3 Å². The van der Waals surface area contributed by atoms with Crippen LogP contribution in [0.15, 0.2) is 46.8 Å². The van der Waals surface area contributed by atoms with Gasteiger partial charge in [0.1, 0.15) is 5.75 Å². The van der Waals surface area contributed by atoms with Crippen LogP contribution in [-0.2, 0) is 5.75 Å². The Morgan fingerprint density at radius 1 is 1.25 bits per heavy atom. The Bertz CT molecular complexity index is 1010. The lowest BCUT2D eigenvalue weighted by atomic mass is 10.1. The second-order valence-electron chi connectivity index (χ2n) is 5.84. The predicted octanol–water partition coefficient (Wildman–Crippen LogP) is 4.66. The standard InChI is InChI=1S/C20H18N4O2S2/c1-3-26-17-9-8-16(10-13(17)2)18(25)22-19-23-24-20(28-19)27-12-15-6-4-14(11-21)5-7-15/h4-10H,3,12H2,1-2H3,(H,22,23,25). The number of nitrogens with zero attached hydrogens (tertiary/aromatic N) is 3. The van der Waals surface area contributed by atoms with Crippen LogP contribution in [-0.4, -0.2) is 22.7 Å². The molecule has 0 fully saturated rings. The van der Waals surface area contributed by atoms with Crippen LogP contribution in [0.4, 0.5) is 5.13 Å². The van der Waals surface area contributed by atoms with E-state index in [0.717, 1.165) is 21.2 Å². The van der Waals surface area contributed by atoms with E-state index < -0.39 is 0 Å². The Morgan fingerprint density at radius 2 is 2.04 bits per heavy atom. The number of rotatable bonds is 7. The van der Waals surface area contributed by atoms with Gasteiger partial charge in [0, 0.05) is 11.3 Å². The maximum absolute atomic E-state index is 12.4. The number of carbonyl (C=O) groups is 1. The van der Waals surface area contributed by atoms with E-state index in [9.17, 15) is 4.79 Å². The molecule has 0 unspecified atom stereocenters. The first-order valence-electron chi connectivity index (χ1n) is 8.59. The molecule has 0 aliphatic carbocycles. The van der Waals surface area contributed by atoms with Crippen LogP contribution < -0.4 is 10.1 Å². The number of nitrogens with one attached hydrogen (secondary N) is 1. The summed E-state index contributed by atoms with van der Waals surface area (Å²) in [5.74, 6) is 1.26. The number of ether oxygens (including phenoxy) is 1. The molecule has 0 atom stereocenters. The second-order valence-corrected chi connectivity index (χ2v) is 8.04. The Labute approximate surface area is 171 Å². The van der Waals surface area contributed by atoms with Gasteiger partial charge < -0.3 is 4.74 Å². The van der Waals surface area contributed by atoms with Gasteiger partial charge in [-0.1, -0.05) is 35.2 Å². The first-order chi connectivity index (χ1) is 13.6. The van der Waals surface area contributed by atoms with Gasteiger partial charge in [0.05, 0.1) is 18.2 Å². The SMILES string of the molecule is CCOc1ccc(C(=O)Nc2nnc(SCc3ccc(C#N)cc3)s2)cc1C. The van der Waals surface area contributed by atoms with Gasteiger partial charge in [0.15, 0.2) is 4.34 Å². The van der Waals surface area contributed by atoms with Crippen LogP contribution in [0.3, 0.4) is 0 Å². The average Bonchev–Trinajstić information content (AvgIpc) is 3.15. The van der Waals surface area contributed by atoms with E-state index >= 15 is 0 Å². The van der Waals surface area contributed by atoms with Crippen molar-refractivity contribution in [3.63, 3.8) is 0 Å². The largest absolute Gasteiger partial charge is 0.494 e. The molecule has 2 aromatic carbocycles. The van der Waals surface area contributed by atoms with Crippen molar-refractivity contribution in [2.24, 2.45) is 0 Å². The van der Waals surface area contributed by atoms with Crippen LogP contribution in [0.2, 0.25) is 0 Å². The number of aromatic nitrogens is 2. The van der Waals surface area contributed by atoms with Gasteiger partial charge in [-0.15, -0.1) is 10.2 Å². The molecule has 3 aromatic rings. The van der Waals surface area contributed by atoms with Crippen molar-refractivity contribution >= 4 is 34.1 Å². The van der Waals surface area contributed by atoms with E-state index in [2.05, 4.69) is 21.6 Å². The quantitative estimate of drug-likeness (QED) is 0.450. The van der Waals surface area contributed by atoms with Crippen LogP contribution >= 0.6 is 23.1 Å². The molecule has 6 nitrogen and oxygen atoms in total. The van der Waals surface area contributed by atoms with Gasteiger partial charge in [0.25, 0.3) is 5.91 Å². The summed E-state index contributed by atoms with van der Waals surface area (Å²) in [4.78, 5) is 12.4. The zero-order valence-electron chi connectivity index (χ0n) is 15.4. The Kier molecular flexibility index (Phi) is 6.63. The number of benzene rings is 2. The van der Waals surface area contributed by atoms with Crippen molar-refractivity contribution in [3.05, 3.63) is 64.7 Å². The van der Waals surface area contributed by atoms with Crippen LogP contribution in [0.1, 0.15) is 34.0 Å². The molecule has 1 heterocycles. The van der Waals surface area contributed by atoms with Crippen LogP contribution in [0.5, 0.6) is 5.75 Å². The summed E-state index contributed by atoms with van der Waals surface area (Å²) in [5, 5.41) is 20.2. The monoisotopic (exact) mass is 410 g/mol. The zero-order valence-corrected chi connectivity index (χ0v) is 17.1. The lowest BCUT2D eigenvalue weighted by Gasteiger charge is -2.08. The Balaban J connectivity index is 1.58. The fraction of sp³-hybridized carbons (Fsp3) is 0.200. The number of thioether (sulfide) groups is 1. The average molecular weight is 411 g/mol. The zero-order chi connectivity index (χ0) is 19.9. The van der Waals surface area contributed by atoms with Gasteiger partial charge in [0.2, 0.25) is 5.13 Å². The molecule has 0 aliphatic heterocycles. The van der Waals surface area contributed by atoms with Crippen LogP contribution in [0, 0.1) is 18.3 Å². The van der Waals surface area contributed by atoms with Crippen molar-refractivity contribution < 1.29 is 9.53 Å². The molecule has 0 bridgehead atoms. The Hall–Kier alpha value is -2.89. The molecule has 0 spiro atoms. The molecule has 28 heavy (non-hydrogen) atoms. The fourth-order valence-electron chi connectivity index (χ4n) is 2.42. The molecule has 8 heteroatoms. The number of aryl methyl sites for hydroxylation is 1. The number of anilines is 1. The number of hydrogen-bond donors (Lipinski definition) is 1.